The van der Waals surface area contributed by atoms with Crippen molar-refractivity contribution in [2.24, 2.45) is 0 Å². The van der Waals surface area contributed by atoms with E-state index < -0.39 is 0 Å². The topological polar surface area (TPSA) is 50.7 Å². The van der Waals surface area contributed by atoms with Crippen LogP contribution < -0.4 is 5.32 Å². The largest absolute Gasteiger partial charge is 0.349 e. The third-order valence-corrected chi connectivity index (χ3v) is 2.64. The molecule has 3 rings (SSSR count). The van der Waals surface area contributed by atoms with Gasteiger partial charge in [0.15, 0.2) is 0 Å². The van der Waals surface area contributed by atoms with Crippen LogP contribution in [-0.4, -0.2) is 15.0 Å². The Bertz CT molecular complexity index is 652. The van der Waals surface area contributed by atoms with Gasteiger partial charge in [0.2, 0.25) is 5.95 Å². The molecule has 0 aliphatic heterocycles. The predicted molar refractivity (Wildman–Crippen MR) is 71.1 cm³/mol. The molecule has 0 aliphatic rings. The molecule has 0 unspecified atom stereocenters. The summed E-state index contributed by atoms with van der Waals surface area (Å²) in [6.45, 7) is 0.624. The summed E-state index contributed by atoms with van der Waals surface area (Å²) < 4.78 is 0. The molecule has 18 heavy (non-hydrogen) atoms. The molecule has 4 nitrogen and oxygen atoms in total. The average Bonchev–Trinajstić information content (AvgIpc) is 2.46. The Balaban J connectivity index is 1.79. The molecule has 2 aromatic heterocycles. The second-order valence-corrected chi connectivity index (χ2v) is 3.93. The van der Waals surface area contributed by atoms with E-state index in [2.05, 4.69) is 20.3 Å². The van der Waals surface area contributed by atoms with Crippen molar-refractivity contribution in [3.63, 3.8) is 0 Å². The van der Waals surface area contributed by atoms with Gasteiger partial charge in [-0.15, -0.1) is 0 Å². The lowest BCUT2D eigenvalue weighted by Gasteiger charge is -2.04. The molecule has 0 fully saturated rings. The molecule has 0 amide bonds. The number of benzene rings is 1. The fourth-order valence-electron chi connectivity index (χ4n) is 1.73. The fraction of sp³-hybridized carbons (Fsp3) is 0.0714. The SMILES string of the molecule is c1ccc(CNc2ncc3ccccc3n2)nc1. The zero-order chi connectivity index (χ0) is 12.2. The number of fused-ring (bicyclic) bond motifs is 1. The molecule has 4 heteroatoms. The third-order valence-electron chi connectivity index (χ3n) is 2.64. The van der Waals surface area contributed by atoms with Crippen LogP contribution in [0, 0.1) is 0 Å². The van der Waals surface area contributed by atoms with Gasteiger partial charge in [0.1, 0.15) is 0 Å². The number of hydrogen-bond acceptors (Lipinski definition) is 4. The molecule has 0 saturated carbocycles. The second kappa shape index (κ2) is 4.79. The maximum atomic E-state index is 4.44. The molecule has 1 N–H and O–H groups in total. The molecule has 0 spiro atoms. The Morgan fingerprint density at radius 3 is 2.72 bits per heavy atom. The van der Waals surface area contributed by atoms with Crippen LogP contribution in [0.2, 0.25) is 0 Å². The highest BCUT2D eigenvalue weighted by Gasteiger charge is 1.99. The summed E-state index contributed by atoms with van der Waals surface area (Å²) in [4.78, 5) is 13.0. The van der Waals surface area contributed by atoms with Crippen molar-refractivity contribution in [1.29, 1.82) is 0 Å². The Morgan fingerprint density at radius 1 is 0.944 bits per heavy atom. The summed E-state index contributed by atoms with van der Waals surface area (Å²) >= 11 is 0. The van der Waals surface area contributed by atoms with E-state index in [-0.39, 0.29) is 0 Å². The molecule has 0 bridgehead atoms. The summed E-state index contributed by atoms with van der Waals surface area (Å²) in [5.74, 6) is 0.624. The minimum absolute atomic E-state index is 0.624. The van der Waals surface area contributed by atoms with Gasteiger partial charge in [0, 0.05) is 17.8 Å². The van der Waals surface area contributed by atoms with E-state index in [0.29, 0.717) is 12.5 Å². The zero-order valence-electron chi connectivity index (χ0n) is 9.74. The van der Waals surface area contributed by atoms with Gasteiger partial charge in [-0.25, -0.2) is 9.97 Å². The molecule has 0 atom stereocenters. The van der Waals surface area contributed by atoms with Gasteiger partial charge in [0.25, 0.3) is 0 Å². The first-order valence-corrected chi connectivity index (χ1v) is 5.77. The maximum absolute atomic E-state index is 4.44. The maximum Gasteiger partial charge on any atom is 0.223 e. The molecule has 0 aliphatic carbocycles. The van der Waals surface area contributed by atoms with Crippen LogP contribution in [-0.2, 0) is 6.54 Å². The van der Waals surface area contributed by atoms with Gasteiger partial charge in [0.05, 0.1) is 17.8 Å². The van der Waals surface area contributed by atoms with E-state index >= 15 is 0 Å². The van der Waals surface area contributed by atoms with E-state index in [1.165, 1.54) is 0 Å². The molecule has 3 aromatic rings. The standard InChI is InChI=1S/C14H12N4/c1-2-7-13-11(5-1)9-16-14(18-13)17-10-12-6-3-4-8-15-12/h1-9H,10H2,(H,16,17,18). The smallest absolute Gasteiger partial charge is 0.223 e. The lowest BCUT2D eigenvalue weighted by atomic mass is 10.2. The normalized spacial score (nSPS) is 10.4. The number of nitrogens with zero attached hydrogens (tertiary/aromatic N) is 3. The molecular formula is C14H12N4. The highest BCUT2D eigenvalue weighted by molar-refractivity contribution is 5.78. The Hall–Kier alpha value is -2.49. The van der Waals surface area contributed by atoms with Crippen LogP contribution in [0.4, 0.5) is 5.95 Å². The van der Waals surface area contributed by atoms with Gasteiger partial charge >= 0.3 is 0 Å². The molecular weight excluding hydrogens is 224 g/mol. The summed E-state index contributed by atoms with van der Waals surface area (Å²) in [7, 11) is 0. The van der Waals surface area contributed by atoms with Crippen LogP contribution in [0.1, 0.15) is 5.69 Å². The van der Waals surface area contributed by atoms with Crippen LogP contribution >= 0.6 is 0 Å². The summed E-state index contributed by atoms with van der Waals surface area (Å²) in [5.41, 5.74) is 1.91. The fourth-order valence-corrected chi connectivity index (χ4v) is 1.73. The van der Waals surface area contributed by atoms with Crippen molar-refractivity contribution >= 4 is 16.9 Å². The number of hydrogen-bond donors (Lipinski definition) is 1. The highest BCUT2D eigenvalue weighted by Crippen LogP contribution is 2.11. The van der Waals surface area contributed by atoms with Gasteiger partial charge in [-0.05, 0) is 18.2 Å². The number of rotatable bonds is 3. The lowest BCUT2D eigenvalue weighted by molar-refractivity contribution is 1.01. The number of pyridine rings is 1. The quantitative estimate of drug-likeness (QED) is 0.759. The van der Waals surface area contributed by atoms with E-state index in [9.17, 15) is 0 Å². The Labute approximate surface area is 105 Å². The first-order valence-electron chi connectivity index (χ1n) is 5.77. The van der Waals surface area contributed by atoms with Crippen LogP contribution in [0.3, 0.4) is 0 Å². The van der Waals surface area contributed by atoms with Gasteiger partial charge < -0.3 is 5.32 Å². The van der Waals surface area contributed by atoms with E-state index in [1.807, 2.05) is 48.7 Å². The molecule has 0 saturated heterocycles. The van der Waals surface area contributed by atoms with E-state index in [4.69, 9.17) is 0 Å². The predicted octanol–water partition coefficient (Wildman–Crippen LogP) is 2.64. The molecule has 2 heterocycles. The summed E-state index contributed by atoms with van der Waals surface area (Å²) in [6.07, 6.45) is 3.60. The lowest BCUT2D eigenvalue weighted by Crippen LogP contribution is -2.04. The third kappa shape index (κ3) is 2.27. The highest BCUT2D eigenvalue weighted by atomic mass is 15.1. The molecule has 88 valence electrons. The second-order valence-electron chi connectivity index (χ2n) is 3.93. The first kappa shape index (κ1) is 10.7. The molecule has 1 aromatic carbocycles. The van der Waals surface area contributed by atoms with Crippen LogP contribution in [0.15, 0.2) is 54.9 Å². The van der Waals surface area contributed by atoms with Crippen molar-refractivity contribution in [1.82, 2.24) is 15.0 Å². The number of anilines is 1. The first-order chi connectivity index (χ1) is 8.92. The monoisotopic (exact) mass is 236 g/mol. The van der Waals surface area contributed by atoms with Gasteiger partial charge in [-0.2, -0.15) is 0 Å². The van der Waals surface area contributed by atoms with Gasteiger partial charge in [-0.1, -0.05) is 24.3 Å². The molecule has 0 radical (unpaired) electrons. The van der Waals surface area contributed by atoms with Crippen molar-refractivity contribution in [3.8, 4) is 0 Å². The van der Waals surface area contributed by atoms with Gasteiger partial charge in [-0.3, -0.25) is 4.98 Å². The zero-order valence-corrected chi connectivity index (χ0v) is 9.74. The Kier molecular flexibility index (Phi) is 2.84. The minimum Gasteiger partial charge on any atom is -0.349 e. The van der Waals surface area contributed by atoms with Crippen molar-refractivity contribution < 1.29 is 0 Å². The summed E-state index contributed by atoms with van der Waals surface area (Å²) in [5, 5.41) is 4.21. The van der Waals surface area contributed by atoms with E-state index in [1.54, 1.807) is 6.20 Å². The van der Waals surface area contributed by atoms with Crippen molar-refractivity contribution in [2.45, 2.75) is 6.54 Å². The average molecular weight is 236 g/mol. The van der Waals surface area contributed by atoms with Crippen molar-refractivity contribution in [2.75, 3.05) is 5.32 Å². The number of para-hydroxylation sites is 1. The Morgan fingerprint density at radius 2 is 1.83 bits per heavy atom. The van der Waals surface area contributed by atoms with Crippen molar-refractivity contribution in [3.05, 3.63) is 60.6 Å². The van der Waals surface area contributed by atoms with Crippen LogP contribution in [0.25, 0.3) is 10.9 Å². The van der Waals surface area contributed by atoms with E-state index in [0.717, 1.165) is 16.6 Å². The number of nitrogens with one attached hydrogen (secondary N) is 1. The number of aromatic nitrogens is 3. The minimum atomic E-state index is 0.624. The van der Waals surface area contributed by atoms with Crippen LogP contribution in [0.5, 0.6) is 0 Å². The summed E-state index contributed by atoms with van der Waals surface area (Å²) in [6, 6.07) is 13.8.